The molecule has 1 rings (SSSR count). The summed E-state index contributed by atoms with van der Waals surface area (Å²) in [5, 5.41) is 0. The van der Waals surface area contributed by atoms with E-state index in [2.05, 4.69) is 0 Å². The van der Waals surface area contributed by atoms with Crippen LogP contribution in [0.4, 0.5) is 0 Å². The minimum absolute atomic E-state index is 0.580. The van der Waals surface area contributed by atoms with Crippen LogP contribution in [0, 0.1) is 0 Å². The van der Waals surface area contributed by atoms with Gasteiger partial charge in [-0.15, -0.1) is 0 Å². The van der Waals surface area contributed by atoms with Crippen molar-refractivity contribution in [3.8, 4) is 0 Å². The lowest BCUT2D eigenvalue weighted by Crippen LogP contribution is -2.22. The van der Waals surface area contributed by atoms with Gasteiger partial charge < -0.3 is 10.5 Å². The Balaban J connectivity index is 1.80. The first-order valence-corrected chi connectivity index (χ1v) is 3.75. The molecular weight excluding hydrogens is 114 g/mol. The molecule has 0 radical (unpaired) electrons. The third-order valence-corrected chi connectivity index (χ3v) is 1.75. The molecule has 0 saturated heterocycles. The highest BCUT2D eigenvalue weighted by molar-refractivity contribution is 4.68. The summed E-state index contributed by atoms with van der Waals surface area (Å²) in [6.07, 6.45) is 5.48. The van der Waals surface area contributed by atoms with Gasteiger partial charge in [0.25, 0.3) is 0 Å². The van der Waals surface area contributed by atoms with Crippen LogP contribution in [0.2, 0.25) is 0 Å². The highest BCUT2D eigenvalue weighted by Crippen LogP contribution is 2.21. The average Bonchev–Trinajstić information content (AvgIpc) is 1.76. The molecule has 2 N–H and O–H groups in total. The molecule has 0 aromatic rings. The highest BCUT2D eigenvalue weighted by atomic mass is 16.5. The smallest absolute Gasteiger partial charge is 0.0575 e. The van der Waals surface area contributed by atoms with Crippen LogP contribution in [0.25, 0.3) is 0 Å². The van der Waals surface area contributed by atoms with Crippen molar-refractivity contribution in [3.63, 3.8) is 0 Å². The van der Waals surface area contributed by atoms with E-state index in [1.54, 1.807) is 0 Å². The molecule has 0 aromatic carbocycles. The Morgan fingerprint density at radius 1 is 1.44 bits per heavy atom. The van der Waals surface area contributed by atoms with Gasteiger partial charge in [0.1, 0.15) is 0 Å². The molecule has 1 saturated carbocycles. The third-order valence-electron chi connectivity index (χ3n) is 1.75. The third kappa shape index (κ3) is 2.33. The van der Waals surface area contributed by atoms with Gasteiger partial charge in [0.2, 0.25) is 0 Å². The molecule has 0 atom stereocenters. The number of nitrogens with two attached hydrogens (primary N) is 1. The molecule has 1 aliphatic carbocycles. The first kappa shape index (κ1) is 7.03. The maximum absolute atomic E-state index is 5.44. The molecule has 0 unspecified atom stereocenters. The fraction of sp³-hybridized carbons (Fsp3) is 1.00. The second kappa shape index (κ2) is 3.85. The van der Waals surface area contributed by atoms with Crippen molar-refractivity contribution < 1.29 is 4.74 Å². The van der Waals surface area contributed by atoms with Crippen molar-refractivity contribution in [1.82, 2.24) is 0 Å². The summed E-state index contributed by atoms with van der Waals surface area (Å²) in [5.74, 6) is 0. The van der Waals surface area contributed by atoms with Gasteiger partial charge in [0.15, 0.2) is 0 Å². The van der Waals surface area contributed by atoms with Crippen LogP contribution < -0.4 is 5.73 Å². The Labute approximate surface area is 56.4 Å². The lowest BCUT2D eigenvalue weighted by atomic mass is 9.96. The Kier molecular flexibility index (Phi) is 3.01. The SMILES string of the molecule is NCCCOC1CCC1. The second-order valence-corrected chi connectivity index (χ2v) is 2.57. The Bertz CT molecular complexity index is 71.3. The molecule has 2 heteroatoms. The summed E-state index contributed by atoms with van der Waals surface area (Å²) >= 11 is 0. The van der Waals surface area contributed by atoms with Gasteiger partial charge in [0.05, 0.1) is 6.10 Å². The fourth-order valence-corrected chi connectivity index (χ4v) is 0.871. The van der Waals surface area contributed by atoms with E-state index in [1.807, 2.05) is 0 Å². The van der Waals surface area contributed by atoms with Gasteiger partial charge in [-0.25, -0.2) is 0 Å². The van der Waals surface area contributed by atoms with E-state index in [1.165, 1.54) is 19.3 Å². The van der Waals surface area contributed by atoms with Gasteiger partial charge >= 0.3 is 0 Å². The van der Waals surface area contributed by atoms with Crippen LogP contribution >= 0.6 is 0 Å². The summed E-state index contributed by atoms with van der Waals surface area (Å²) in [6.45, 7) is 1.62. The largest absolute Gasteiger partial charge is 0.378 e. The molecule has 0 bridgehead atoms. The molecule has 54 valence electrons. The summed E-state index contributed by atoms with van der Waals surface area (Å²) in [6, 6.07) is 0. The number of hydrogen-bond acceptors (Lipinski definition) is 2. The van der Waals surface area contributed by atoms with Gasteiger partial charge in [-0.2, -0.15) is 0 Å². The molecule has 2 nitrogen and oxygen atoms in total. The maximum atomic E-state index is 5.44. The van der Waals surface area contributed by atoms with Crippen molar-refractivity contribution in [2.45, 2.75) is 31.8 Å². The van der Waals surface area contributed by atoms with Crippen molar-refractivity contribution >= 4 is 0 Å². The van der Waals surface area contributed by atoms with Crippen LogP contribution in [-0.4, -0.2) is 19.3 Å². The molecule has 1 aliphatic rings. The van der Waals surface area contributed by atoms with Crippen LogP contribution in [0.3, 0.4) is 0 Å². The van der Waals surface area contributed by atoms with Crippen LogP contribution in [0.1, 0.15) is 25.7 Å². The highest BCUT2D eigenvalue weighted by Gasteiger charge is 2.16. The Hall–Kier alpha value is -0.0800. The predicted octanol–water partition coefficient (Wildman–Crippen LogP) is 0.904. The van der Waals surface area contributed by atoms with Crippen LogP contribution in [0.5, 0.6) is 0 Å². The van der Waals surface area contributed by atoms with Crippen molar-refractivity contribution in [2.24, 2.45) is 5.73 Å². The molecule has 0 amide bonds. The van der Waals surface area contributed by atoms with Crippen molar-refractivity contribution in [2.75, 3.05) is 13.2 Å². The summed E-state index contributed by atoms with van der Waals surface area (Å²) in [4.78, 5) is 0. The van der Waals surface area contributed by atoms with E-state index in [9.17, 15) is 0 Å². The molecule has 0 heterocycles. The minimum Gasteiger partial charge on any atom is -0.378 e. The molecular formula is C7H15NO. The van der Waals surface area contributed by atoms with E-state index >= 15 is 0 Å². The van der Waals surface area contributed by atoms with Gasteiger partial charge in [0, 0.05) is 6.61 Å². The normalized spacial score (nSPS) is 19.7. The number of ether oxygens (including phenoxy) is 1. The number of rotatable bonds is 4. The quantitative estimate of drug-likeness (QED) is 0.572. The lowest BCUT2D eigenvalue weighted by molar-refractivity contribution is 0.00215. The summed E-state index contributed by atoms with van der Waals surface area (Å²) in [7, 11) is 0. The van der Waals surface area contributed by atoms with Crippen molar-refractivity contribution in [3.05, 3.63) is 0 Å². The van der Waals surface area contributed by atoms with Gasteiger partial charge in [-0.1, -0.05) is 0 Å². The topological polar surface area (TPSA) is 35.2 Å². The van der Waals surface area contributed by atoms with E-state index in [0.29, 0.717) is 6.10 Å². The molecule has 0 spiro atoms. The molecule has 0 aliphatic heterocycles. The van der Waals surface area contributed by atoms with Crippen LogP contribution in [0.15, 0.2) is 0 Å². The summed E-state index contributed by atoms with van der Waals surface area (Å²) in [5.41, 5.74) is 5.29. The first-order valence-electron chi connectivity index (χ1n) is 3.75. The van der Waals surface area contributed by atoms with E-state index < -0.39 is 0 Å². The van der Waals surface area contributed by atoms with Crippen LogP contribution in [-0.2, 0) is 4.74 Å². The second-order valence-electron chi connectivity index (χ2n) is 2.57. The predicted molar refractivity (Wildman–Crippen MR) is 37.3 cm³/mol. The zero-order valence-electron chi connectivity index (χ0n) is 5.81. The van der Waals surface area contributed by atoms with E-state index in [-0.39, 0.29) is 0 Å². The van der Waals surface area contributed by atoms with Gasteiger partial charge in [-0.3, -0.25) is 0 Å². The first-order chi connectivity index (χ1) is 4.43. The monoisotopic (exact) mass is 129 g/mol. The van der Waals surface area contributed by atoms with Crippen molar-refractivity contribution in [1.29, 1.82) is 0 Å². The molecule has 9 heavy (non-hydrogen) atoms. The zero-order chi connectivity index (χ0) is 6.53. The molecule has 0 aromatic heterocycles. The molecule has 1 fully saturated rings. The van der Waals surface area contributed by atoms with E-state index in [0.717, 1.165) is 19.6 Å². The number of hydrogen-bond donors (Lipinski definition) is 1. The Morgan fingerprint density at radius 2 is 2.22 bits per heavy atom. The fourth-order valence-electron chi connectivity index (χ4n) is 0.871. The standard InChI is InChI=1S/C7H15NO/c8-5-2-6-9-7-3-1-4-7/h7H,1-6,8H2. The maximum Gasteiger partial charge on any atom is 0.0575 e. The summed E-state index contributed by atoms with van der Waals surface area (Å²) < 4.78 is 5.44. The van der Waals surface area contributed by atoms with E-state index in [4.69, 9.17) is 10.5 Å². The van der Waals surface area contributed by atoms with Gasteiger partial charge in [-0.05, 0) is 32.2 Å². The minimum atomic E-state index is 0.580. The zero-order valence-corrected chi connectivity index (χ0v) is 5.81. The Morgan fingerprint density at radius 3 is 2.67 bits per heavy atom. The lowest BCUT2D eigenvalue weighted by Gasteiger charge is -2.25. The average molecular weight is 129 g/mol.